The van der Waals surface area contributed by atoms with Crippen LogP contribution in [0.5, 0.6) is 11.6 Å². The molecule has 0 unspecified atom stereocenters. The summed E-state index contributed by atoms with van der Waals surface area (Å²) in [6, 6.07) is 6.42. The highest BCUT2D eigenvalue weighted by atomic mass is 16.5. The van der Waals surface area contributed by atoms with Crippen LogP contribution in [0.15, 0.2) is 36.9 Å². The van der Waals surface area contributed by atoms with Crippen molar-refractivity contribution in [1.29, 1.82) is 0 Å². The average Bonchev–Trinajstić information content (AvgIpc) is 2.86. The van der Waals surface area contributed by atoms with E-state index in [2.05, 4.69) is 42.3 Å². The highest BCUT2D eigenvalue weighted by Crippen LogP contribution is 2.33. The van der Waals surface area contributed by atoms with Crippen molar-refractivity contribution in [2.75, 3.05) is 43.1 Å². The van der Waals surface area contributed by atoms with Crippen LogP contribution in [-0.4, -0.2) is 65.0 Å². The highest BCUT2D eigenvalue weighted by molar-refractivity contribution is 5.85. The summed E-state index contributed by atoms with van der Waals surface area (Å²) >= 11 is 0. The van der Waals surface area contributed by atoms with Crippen LogP contribution in [0, 0.1) is 0 Å². The standard InChI is InChI=1S/C24H30N6O3/c1-2-32-23-15-22(27-16-28-23)29-17-3-5-19(6-4-17)33-21-14-18(30-9-11-31-12-10-30)13-20-24(21)26-8-7-25-20/h7-8,13-17,19H,2-6,9-12H2,1H3,(H,27,28,29)/t17-,19+. The minimum Gasteiger partial charge on any atom is -0.488 e. The predicted molar refractivity (Wildman–Crippen MR) is 126 cm³/mol. The Hall–Kier alpha value is -3.20. The molecule has 0 radical (unpaired) electrons. The number of nitrogens with one attached hydrogen (secondary N) is 1. The lowest BCUT2D eigenvalue weighted by Crippen LogP contribution is -2.36. The molecule has 0 amide bonds. The molecule has 9 heteroatoms. The first-order valence-corrected chi connectivity index (χ1v) is 11.7. The minimum absolute atomic E-state index is 0.151. The number of benzene rings is 1. The van der Waals surface area contributed by atoms with E-state index in [1.807, 2.05) is 13.0 Å². The van der Waals surface area contributed by atoms with Crippen LogP contribution in [0.1, 0.15) is 32.6 Å². The van der Waals surface area contributed by atoms with Gasteiger partial charge in [0.1, 0.15) is 23.4 Å². The zero-order chi connectivity index (χ0) is 22.5. The monoisotopic (exact) mass is 450 g/mol. The molecule has 3 aromatic rings. The molecule has 1 saturated carbocycles. The first kappa shape index (κ1) is 21.6. The van der Waals surface area contributed by atoms with Crippen molar-refractivity contribution in [3.8, 4) is 11.6 Å². The highest BCUT2D eigenvalue weighted by Gasteiger charge is 2.24. The molecule has 1 aliphatic carbocycles. The number of hydrogen-bond donors (Lipinski definition) is 1. The van der Waals surface area contributed by atoms with E-state index in [1.54, 1.807) is 12.4 Å². The molecular weight excluding hydrogens is 420 g/mol. The summed E-state index contributed by atoms with van der Waals surface area (Å²) in [5.41, 5.74) is 2.80. The van der Waals surface area contributed by atoms with Gasteiger partial charge in [0.05, 0.1) is 31.4 Å². The van der Waals surface area contributed by atoms with Gasteiger partial charge in [0.2, 0.25) is 5.88 Å². The largest absolute Gasteiger partial charge is 0.488 e. The summed E-state index contributed by atoms with van der Waals surface area (Å²) in [5, 5.41) is 3.52. The van der Waals surface area contributed by atoms with E-state index in [0.717, 1.165) is 80.3 Å². The van der Waals surface area contributed by atoms with Crippen molar-refractivity contribution >= 4 is 22.5 Å². The number of nitrogens with zero attached hydrogens (tertiary/aromatic N) is 5. The minimum atomic E-state index is 0.151. The van der Waals surface area contributed by atoms with Gasteiger partial charge >= 0.3 is 0 Å². The van der Waals surface area contributed by atoms with E-state index in [9.17, 15) is 0 Å². The summed E-state index contributed by atoms with van der Waals surface area (Å²) in [7, 11) is 0. The fraction of sp³-hybridized carbons (Fsp3) is 0.500. The van der Waals surface area contributed by atoms with Crippen LogP contribution >= 0.6 is 0 Å². The summed E-state index contributed by atoms with van der Waals surface area (Å²) in [6.07, 6.45) is 9.08. The Morgan fingerprint density at radius 3 is 2.64 bits per heavy atom. The Labute approximate surface area is 193 Å². The van der Waals surface area contributed by atoms with Crippen molar-refractivity contribution in [2.45, 2.75) is 44.8 Å². The maximum atomic E-state index is 6.52. The third kappa shape index (κ3) is 5.24. The molecule has 0 bridgehead atoms. The Balaban J connectivity index is 1.25. The fourth-order valence-electron chi connectivity index (χ4n) is 4.48. The van der Waals surface area contributed by atoms with Crippen LogP contribution in [0.2, 0.25) is 0 Å². The molecule has 1 saturated heterocycles. The lowest BCUT2D eigenvalue weighted by molar-refractivity contribution is 0.122. The molecule has 2 aliphatic rings. The van der Waals surface area contributed by atoms with E-state index in [0.29, 0.717) is 18.5 Å². The van der Waals surface area contributed by atoms with Crippen molar-refractivity contribution in [1.82, 2.24) is 19.9 Å². The maximum absolute atomic E-state index is 6.52. The van der Waals surface area contributed by atoms with Gasteiger partial charge in [-0.2, -0.15) is 0 Å². The lowest BCUT2D eigenvalue weighted by atomic mass is 9.93. The van der Waals surface area contributed by atoms with Gasteiger partial charge in [-0.05, 0) is 38.7 Å². The zero-order valence-electron chi connectivity index (χ0n) is 18.9. The number of morpholine rings is 1. The van der Waals surface area contributed by atoms with E-state index in [4.69, 9.17) is 14.2 Å². The molecule has 0 spiro atoms. The van der Waals surface area contributed by atoms with E-state index >= 15 is 0 Å². The number of aromatic nitrogens is 4. The predicted octanol–water partition coefficient (Wildman–Crippen LogP) is 3.46. The van der Waals surface area contributed by atoms with Crippen molar-refractivity contribution in [3.05, 3.63) is 36.9 Å². The Morgan fingerprint density at radius 2 is 1.82 bits per heavy atom. The van der Waals surface area contributed by atoms with Gasteiger partial charge in [0.15, 0.2) is 0 Å². The molecule has 2 aromatic heterocycles. The third-order valence-electron chi connectivity index (χ3n) is 6.15. The molecule has 9 nitrogen and oxygen atoms in total. The van der Waals surface area contributed by atoms with Crippen LogP contribution in [0.4, 0.5) is 11.5 Å². The third-order valence-corrected chi connectivity index (χ3v) is 6.15. The van der Waals surface area contributed by atoms with E-state index < -0.39 is 0 Å². The van der Waals surface area contributed by atoms with Gasteiger partial charge in [-0.15, -0.1) is 0 Å². The van der Waals surface area contributed by atoms with Crippen LogP contribution in [0.25, 0.3) is 11.0 Å². The summed E-state index contributed by atoms with van der Waals surface area (Å²) < 4.78 is 17.5. The maximum Gasteiger partial charge on any atom is 0.218 e. The Kier molecular flexibility index (Phi) is 6.66. The van der Waals surface area contributed by atoms with Crippen LogP contribution in [-0.2, 0) is 4.74 Å². The number of hydrogen-bond acceptors (Lipinski definition) is 9. The first-order valence-electron chi connectivity index (χ1n) is 11.7. The first-order chi connectivity index (χ1) is 16.3. The molecule has 174 valence electrons. The van der Waals surface area contributed by atoms with Gasteiger partial charge in [-0.1, -0.05) is 0 Å². The second kappa shape index (κ2) is 10.2. The number of anilines is 2. The smallest absolute Gasteiger partial charge is 0.218 e. The SMILES string of the molecule is CCOc1cc(N[C@H]2CC[C@@H](Oc3cc(N4CCOCC4)cc4nccnc34)CC2)ncn1. The summed E-state index contributed by atoms with van der Waals surface area (Å²) in [5.74, 6) is 2.22. The second-order valence-electron chi connectivity index (χ2n) is 8.38. The van der Waals surface area contributed by atoms with Gasteiger partial charge < -0.3 is 24.4 Å². The zero-order valence-corrected chi connectivity index (χ0v) is 18.9. The van der Waals surface area contributed by atoms with E-state index in [1.165, 1.54) is 6.33 Å². The number of fused-ring (bicyclic) bond motifs is 1. The molecular formula is C24H30N6O3. The molecule has 3 heterocycles. The molecule has 1 aliphatic heterocycles. The van der Waals surface area contributed by atoms with Crippen molar-refractivity contribution in [2.24, 2.45) is 0 Å². The van der Waals surface area contributed by atoms with Crippen molar-refractivity contribution in [3.63, 3.8) is 0 Å². The van der Waals surface area contributed by atoms with Gasteiger partial charge in [0.25, 0.3) is 0 Å². The fourth-order valence-corrected chi connectivity index (χ4v) is 4.48. The Bertz CT molecular complexity index is 1070. The molecule has 5 rings (SSSR count). The van der Waals surface area contributed by atoms with Gasteiger partial charge in [0, 0.05) is 49.3 Å². The molecule has 1 aromatic carbocycles. The molecule has 33 heavy (non-hydrogen) atoms. The van der Waals surface area contributed by atoms with Crippen molar-refractivity contribution < 1.29 is 14.2 Å². The molecule has 1 N–H and O–H groups in total. The molecule has 0 atom stereocenters. The number of ether oxygens (including phenoxy) is 3. The topological polar surface area (TPSA) is 94.5 Å². The lowest BCUT2D eigenvalue weighted by Gasteiger charge is -2.31. The normalized spacial score (nSPS) is 21.1. The quantitative estimate of drug-likeness (QED) is 0.581. The van der Waals surface area contributed by atoms with Gasteiger partial charge in [-0.3, -0.25) is 4.98 Å². The molecule has 2 fully saturated rings. The van der Waals surface area contributed by atoms with Gasteiger partial charge in [-0.25, -0.2) is 15.0 Å². The second-order valence-corrected chi connectivity index (χ2v) is 8.38. The van der Waals surface area contributed by atoms with Crippen LogP contribution < -0.4 is 19.7 Å². The average molecular weight is 451 g/mol. The summed E-state index contributed by atoms with van der Waals surface area (Å²) in [6.45, 7) is 5.76. The number of rotatable bonds is 7. The Morgan fingerprint density at radius 1 is 1.00 bits per heavy atom. The van der Waals surface area contributed by atoms with Crippen LogP contribution in [0.3, 0.4) is 0 Å². The summed E-state index contributed by atoms with van der Waals surface area (Å²) in [4.78, 5) is 19.9. The van der Waals surface area contributed by atoms with E-state index in [-0.39, 0.29) is 6.10 Å².